The van der Waals surface area contributed by atoms with Gasteiger partial charge in [-0.05, 0) is 73.4 Å². The molecule has 6 aromatic rings. The number of carbonyl (C=O) groups excluding carboxylic acids is 2. The van der Waals surface area contributed by atoms with Crippen LogP contribution in [0.1, 0.15) is 55.3 Å². The van der Waals surface area contributed by atoms with Crippen LogP contribution in [0.15, 0.2) is 83.8 Å². The van der Waals surface area contributed by atoms with Crippen LogP contribution >= 0.6 is 0 Å². The number of Topliss-reactive ketones (excluding diaryl/α,β-unsaturated/α-hetero) is 2. The van der Waals surface area contributed by atoms with Gasteiger partial charge in [0, 0.05) is 46.2 Å². The predicted octanol–water partition coefficient (Wildman–Crippen LogP) is 4.96. The summed E-state index contributed by atoms with van der Waals surface area (Å²) < 4.78 is 19.0. The van der Waals surface area contributed by atoms with Crippen molar-refractivity contribution >= 4 is 39.9 Å². The van der Waals surface area contributed by atoms with Crippen molar-refractivity contribution in [3.8, 4) is 23.2 Å². The normalized spacial score (nSPS) is 19.4. The summed E-state index contributed by atoms with van der Waals surface area (Å²) in [6.07, 6.45) is 4.28. The third kappa shape index (κ3) is 6.46. The predicted molar refractivity (Wildman–Crippen MR) is 208 cm³/mol. The van der Waals surface area contributed by atoms with Gasteiger partial charge in [0.1, 0.15) is 28.9 Å². The Morgan fingerprint density at radius 3 is 2.55 bits per heavy atom. The van der Waals surface area contributed by atoms with Crippen molar-refractivity contribution in [1.82, 2.24) is 33.6 Å². The van der Waals surface area contributed by atoms with Gasteiger partial charge >= 0.3 is 5.69 Å². The second-order valence-electron chi connectivity index (χ2n) is 14.6. The molecule has 55 heavy (non-hydrogen) atoms. The van der Waals surface area contributed by atoms with E-state index in [0.717, 1.165) is 85.4 Å². The number of carbonyl (C=O) groups is 2. The van der Waals surface area contributed by atoms with Crippen molar-refractivity contribution < 1.29 is 14.0 Å². The van der Waals surface area contributed by atoms with Crippen LogP contribution in [-0.2, 0) is 16.6 Å². The Morgan fingerprint density at radius 2 is 1.71 bits per heavy atom. The van der Waals surface area contributed by atoms with Crippen LogP contribution in [0.5, 0.6) is 0 Å². The minimum absolute atomic E-state index is 0.0602. The SMILES string of the molecule is Cn1c(=O)n(C2CCC(=O)CC2=O)c2cccc(C#CCN3CCN(c4cccc(-c5cnc6ccc(N7CCC[C@@H]7c7cccc(F)c7)nn56)n4)CC3)c21. The molecule has 0 bridgehead atoms. The number of pyridine rings is 1. The fourth-order valence-electron chi connectivity index (χ4n) is 8.39. The third-order valence-corrected chi connectivity index (χ3v) is 11.2. The monoisotopic (exact) mass is 737 g/mol. The molecule has 0 spiro atoms. The van der Waals surface area contributed by atoms with Crippen LogP contribution in [0.4, 0.5) is 16.0 Å². The minimum atomic E-state index is -0.630. The van der Waals surface area contributed by atoms with E-state index in [1.165, 1.54) is 6.07 Å². The lowest BCUT2D eigenvalue weighted by Crippen LogP contribution is -2.46. The molecule has 1 saturated carbocycles. The Morgan fingerprint density at radius 1 is 0.873 bits per heavy atom. The average Bonchev–Trinajstić information content (AvgIpc) is 3.92. The van der Waals surface area contributed by atoms with Crippen molar-refractivity contribution in [2.75, 3.05) is 49.1 Å². The van der Waals surface area contributed by atoms with Crippen LogP contribution in [0.3, 0.4) is 0 Å². The standard InChI is InChI=1S/C42H40FN9O3/c1-47-41-28(7-3-12-35(41)51(42(47)55)34-16-15-31(53)26-37(34)54)9-5-19-48-21-23-49(24-22-48)39-14-4-11-32(45-39)36-27-44-38-17-18-40(46-52(36)38)50-20-6-13-33(50)29-8-2-10-30(43)25-29/h2-4,7-8,10-12,14,17-18,25,27,33-34H,6,13,15-16,19-24,26H2,1H3/t33-,34?/m1/s1. The smallest absolute Gasteiger partial charge is 0.329 e. The molecule has 13 heteroatoms. The summed E-state index contributed by atoms with van der Waals surface area (Å²) in [6, 6.07) is 21.9. The van der Waals surface area contributed by atoms with E-state index in [0.29, 0.717) is 30.4 Å². The lowest BCUT2D eigenvalue weighted by molar-refractivity contribution is -0.132. The molecule has 12 nitrogen and oxygen atoms in total. The van der Waals surface area contributed by atoms with Crippen molar-refractivity contribution in [3.63, 3.8) is 0 Å². The summed E-state index contributed by atoms with van der Waals surface area (Å²) in [5.41, 5.74) is 5.09. The highest BCUT2D eigenvalue weighted by atomic mass is 19.1. The molecule has 2 aromatic carbocycles. The fraction of sp³-hybridized carbons (Fsp3) is 0.333. The summed E-state index contributed by atoms with van der Waals surface area (Å²) in [5.74, 6) is 7.81. The zero-order valence-electron chi connectivity index (χ0n) is 30.6. The summed E-state index contributed by atoms with van der Waals surface area (Å²) in [6.45, 7) is 4.61. The summed E-state index contributed by atoms with van der Waals surface area (Å²) in [7, 11) is 1.70. The number of para-hydroxylation sites is 1. The first-order valence-corrected chi connectivity index (χ1v) is 18.9. The number of hydrogen-bond acceptors (Lipinski definition) is 9. The number of nitrogens with zero attached hydrogens (tertiary/aromatic N) is 9. The summed E-state index contributed by atoms with van der Waals surface area (Å²) in [5, 5.41) is 5.02. The lowest BCUT2D eigenvalue weighted by atomic mass is 9.92. The maximum atomic E-state index is 14.1. The number of benzene rings is 2. The largest absolute Gasteiger partial charge is 0.354 e. The van der Waals surface area contributed by atoms with E-state index in [9.17, 15) is 18.8 Å². The molecular formula is C42H40FN9O3. The quantitative estimate of drug-likeness (QED) is 0.173. The highest BCUT2D eigenvalue weighted by Gasteiger charge is 2.32. The van der Waals surface area contributed by atoms with E-state index in [4.69, 9.17) is 10.1 Å². The van der Waals surface area contributed by atoms with Crippen molar-refractivity contribution in [1.29, 1.82) is 0 Å². The Balaban J connectivity index is 0.882. The maximum Gasteiger partial charge on any atom is 0.329 e. The van der Waals surface area contributed by atoms with E-state index in [1.807, 2.05) is 65.3 Å². The average molecular weight is 738 g/mol. The number of halogens is 1. The molecule has 3 fully saturated rings. The van der Waals surface area contributed by atoms with Crippen molar-refractivity contribution in [3.05, 3.63) is 106 Å². The zero-order chi connectivity index (χ0) is 37.6. The highest BCUT2D eigenvalue weighted by molar-refractivity contribution is 6.03. The number of anilines is 2. The molecule has 3 aliphatic rings. The number of hydrogen-bond donors (Lipinski definition) is 0. The third-order valence-electron chi connectivity index (χ3n) is 11.2. The molecule has 6 heterocycles. The Labute approximate surface area is 316 Å². The van der Waals surface area contributed by atoms with Crippen molar-refractivity contribution in [2.45, 2.75) is 44.2 Å². The van der Waals surface area contributed by atoms with E-state index in [1.54, 1.807) is 28.3 Å². The number of ketones is 2. The lowest BCUT2D eigenvalue weighted by Gasteiger charge is -2.34. The van der Waals surface area contributed by atoms with Crippen LogP contribution in [0, 0.1) is 17.7 Å². The molecule has 1 unspecified atom stereocenters. The first-order chi connectivity index (χ1) is 26.8. The second kappa shape index (κ2) is 14.3. The van der Waals surface area contributed by atoms with Crippen molar-refractivity contribution in [2.24, 2.45) is 7.05 Å². The van der Waals surface area contributed by atoms with Gasteiger partial charge in [-0.3, -0.25) is 23.6 Å². The molecule has 2 saturated heterocycles. The Hall–Kier alpha value is -6.13. The first kappa shape index (κ1) is 34.6. The van der Waals surface area contributed by atoms with E-state index in [-0.39, 0.29) is 35.5 Å². The number of aromatic nitrogens is 6. The number of aryl methyl sites for hydroxylation is 1. The van der Waals surface area contributed by atoms with E-state index >= 15 is 0 Å². The van der Waals surface area contributed by atoms with E-state index < -0.39 is 6.04 Å². The van der Waals surface area contributed by atoms with Crippen LogP contribution in [0.25, 0.3) is 28.1 Å². The topological polar surface area (TPSA) is 114 Å². The molecule has 1 aliphatic carbocycles. The first-order valence-electron chi connectivity index (χ1n) is 18.9. The van der Waals surface area contributed by atoms with Gasteiger partial charge in [0.15, 0.2) is 11.4 Å². The molecule has 4 aromatic heterocycles. The molecule has 278 valence electrons. The number of piperazine rings is 1. The molecule has 9 rings (SSSR count). The van der Waals surface area contributed by atoms with Crippen LogP contribution in [0.2, 0.25) is 0 Å². The van der Waals surface area contributed by atoms with Gasteiger partial charge in [-0.2, -0.15) is 0 Å². The molecule has 0 amide bonds. The van der Waals surface area contributed by atoms with Gasteiger partial charge in [-0.25, -0.2) is 23.7 Å². The van der Waals surface area contributed by atoms with Gasteiger partial charge < -0.3 is 9.80 Å². The van der Waals surface area contributed by atoms with E-state index in [2.05, 4.69) is 31.5 Å². The zero-order valence-corrected chi connectivity index (χ0v) is 30.6. The van der Waals surface area contributed by atoms with Gasteiger partial charge in [0.2, 0.25) is 0 Å². The van der Waals surface area contributed by atoms with Crippen LogP contribution < -0.4 is 15.5 Å². The Kier molecular flexibility index (Phi) is 8.98. The molecule has 0 radical (unpaired) electrons. The highest BCUT2D eigenvalue weighted by Crippen LogP contribution is 2.36. The number of fused-ring (bicyclic) bond motifs is 2. The fourth-order valence-corrected chi connectivity index (χ4v) is 8.39. The molecule has 2 atom stereocenters. The van der Waals surface area contributed by atoms with Gasteiger partial charge in [-0.1, -0.05) is 36.1 Å². The van der Waals surface area contributed by atoms with Gasteiger partial charge in [0.05, 0.1) is 53.5 Å². The van der Waals surface area contributed by atoms with Gasteiger partial charge in [-0.15, -0.1) is 5.10 Å². The molecular weight excluding hydrogens is 698 g/mol. The number of rotatable bonds is 6. The Bertz CT molecular complexity index is 2590. The van der Waals surface area contributed by atoms with Crippen LogP contribution in [-0.4, -0.2) is 84.5 Å². The summed E-state index contributed by atoms with van der Waals surface area (Å²) >= 11 is 0. The maximum absolute atomic E-state index is 14.1. The number of imidazole rings is 2. The minimum Gasteiger partial charge on any atom is -0.354 e. The second-order valence-corrected chi connectivity index (χ2v) is 14.6. The molecule has 2 aliphatic heterocycles. The summed E-state index contributed by atoms with van der Waals surface area (Å²) in [4.78, 5) is 54.4. The molecule has 0 N–H and O–H groups in total. The van der Waals surface area contributed by atoms with Gasteiger partial charge in [0.25, 0.3) is 0 Å².